The summed E-state index contributed by atoms with van der Waals surface area (Å²) in [5, 5.41) is 8.88. The van der Waals surface area contributed by atoms with Crippen molar-refractivity contribution in [2.24, 2.45) is 5.92 Å². The second-order valence-electron chi connectivity index (χ2n) is 7.79. The van der Waals surface area contributed by atoms with Gasteiger partial charge in [-0.2, -0.15) is 0 Å². The molecule has 2 aromatic rings. The first-order valence-electron chi connectivity index (χ1n) is 10.6. The molecule has 0 radical (unpaired) electrons. The van der Waals surface area contributed by atoms with Gasteiger partial charge in [-0.25, -0.2) is 9.97 Å². The van der Waals surface area contributed by atoms with Crippen LogP contribution in [-0.2, 0) is 11.2 Å². The van der Waals surface area contributed by atoms with Gasteiger partial charge in [-0.1, -0.05) is 6.07 Å². The highest BCUT2D eigenvalue weighted by molar-refractivity contribution is 8.18. The molecule has 9 heteroatoms. The van der Waals surface area contributed by atoms with Gasteiger partial charge in [0, 0.05) is 37.1 Å². The predicted octanol–water partition coefficient (Wildman–Crippen LogP) is 3.00. The number of rotatable bonds is 8. The second-order valence-corrected chi connectivity index (χ2v) is 8.81. The van der Waals surface area contributed by atoms with Crippen molar-refractivity contribution in [1.82, 2.24) is 25.6 Å². The summed E-state index contributed by atoms with van der Waals surface area (Å²) in [5.41, 5.74) is 1.73. The fourth-order valence-electron chi connectivity index (χ4n) is 3.84. The van der Waals surface area contributed by atoms with E-state index in [1.807, 2.05) is 18.3 Å². The van der Waals surface area contributed by atoms with Gasteiger partial charge in [-0.15, -0.1) is 0 Å². The first-order valence-corrected chi connectivity index (χ1v) is 11.4. The van der Waals surface area contributed by atoms with E-state index in [0.717, 1.165) is 62.6 Å². The van der Waals surface area contributed by atoms with E-state index in [4.69, 9.17) is 0 Å². The van der Waals surface area contributed by atoms with Crippen molar-refractivity contribution >= 4 is 34.9 Å². The van der Waals surface area contributed by atoms with Crippen LogP contribution >= 0.6 is 11.8 Å². The Morgan fingerprint density at radius 2 is 1.97 bits per heavy atom. The van der Waals surface area contributed by atoms with Gasteiger partial charge < -0.3 is 10.6 Å². The van der Waals surface area contributed by atoms with Crippen LogP contribution in [0.4, 0.5) is 10.7 Å². The van der Waals surface area contributed by atoms with Gasteiger partial charge in [-0.05, 0) is 74.2 Å². The van der Waals surface area contributed by atoms with Gasteiger partial charge in [0.1, 0.15) is 0 Å². The van der Waals surface area contributed by atoms with Crippen molar-refractivity contribution in [3.8, 4) is 0 Å². The maximum Gasteiger partial charge on any atom is 0.290 e. The van der Waals surface area contributed by atoms with Crippen molar-refractivity contribution < 1.29 is 9.59 Å². The minimum Gasteiger partial charge on any atom is -0.351 e. The zero-order valence-corrected chi connectivity index (χ0v) is 18.0. The third kappa shape index (κ3) is 6.35. The summed E-state index contributed by atoms with van der Waals surface area (Å²) in [6.45, 7) is 1.99. The van der Waals surface area contributed by atoms with Crippen LogP contribution in [0.5, 0.6) is 0 Å². The van der Waals surface area contributed by atoms with Crippen molar-refractivity contribution in [2.45, 2.75) is 38.1 Å². The fraction of sp³-hybridized carbons (Fsp3) is 0.409. The lowest BCUT2D eigenvalue weighted by molar-refractivity contribution is -0.115. The number of amides is 2. The average molecular weight is 439 g/mol. The maximum absolute atomic E-state index is 11.7. The highest BCUT2D eigenvalue weighted by Crippen LogP contribution is 2.27. The highest BCUT2D eigenvalue weighted by Gasteiger charge is 2.25. The first kappa shape index (κ1) is 21.5. The Hall–Kier alpha value is -2.78. The molecule has 1 aliphatic heterocycles. The number of anilines is 1. The van der Waals surface area contributed by atoms with Gasteiger partial charge in [0.25, 0.3) is 11.1 Å². The van der Waals surface area contributed by atoms with Gasteiger partial charge >= 0.3 is 0 Å². The molecule has 0 spiro atoms. The van der Waals surface area contributed by atoms with E-state index in [-0.39, 0.29) is 11.1 Å². The molecular formula is C22H26N6O2S. The van der Waals surface area contributed by atoms with Gasteiger partial charge in [-0.3, -0.25) is 19.9 Å². The number of carbonyl (C=O) groups excluding carboxylic acids is 2. The van der Waals surface area contributed by atoms with Crippen LogP contribution in [0.2, 0.25) is 0 Å². The molecule has 2 aliphatic rings. The number of hydrogen-bond donors (Lipinski definition) is 3. The molecule has 3 N–H and O–H groups in total. The molecule has 0 bridgehead atoms. The topological polar surface area (TPSA) is 109 Å². The number of hydrogen-bond acceptors (Lipinski definition) is 8. The maximum atomic E-state index is 11.7. The van der Waals surface area contributed by atoms with Crippen LogP contribution in [0.3, 0.4) is 0 Å². The Bertz CT molecular complexity index is 944. The number of pyridine rings is 1. The van der Waals surface area contributed by atoms with E-state index in [1.54, 1.807) is 18.3 Å². The Balaban J connectivity index is 1.20. The molecule has 2 amide bonds. The number of imide groups is 1. The van der Waals surface area contributed by atoms with E-state index in [9.17, 15) is 9.59 Å². The second kappa shape index (κ2) is 10.5. The SMILES string of the molecule is O=C1NC(=O)/C(=C/c2ccnc(N[C@H]3CC[C@H](CNCCc4ccccn4)CC3)n2)S1. The van der Waals surface area contributed by atoms with E-state index in [1.165, 1.54) is 0 Å². The average Bonchev–Trinajstić information content (AvgIpc) is 3.10. The summed E-state index contributed by atoms with van der Waals surface area (Å²) in [6.07, 6.45) is 10.6. The third-order valence-corrected chi connectivity index (χ3v) is 6.31. The van der Waals surface area contributed by atoms with Crippen molar-refractivity contribution in [1.29, 1.82) is 0 Å². The molecule has 0 atom stereocenters. The molecule has 2 aromatic heterocycles. The van der Waals surface area contributed by atoms with Crippen LogP contribution < -0.4 is 16.0 Å². The minimum absolute atomic E-state index is 0.346. The predicted molar refractivity (Wildman–Crippen MR) is 121 cm³/mol. The highest BCUT2D eigenvalue weighted by atomic mass is 32.2. The van der Waals surface area contributed by atoms with Crippen molar-refractivity contribution in [3.63, 3.8) is 0 Å². The zero-order valence-electron chi connectivity index (χ0n) is 17.2. The molecule has 0 aromatic carbocycles. The molecule has 31 heavy (non-hydrogen) atoms. The van der Waals surface area contributed by atoms with Crippen LogP contribution in [0, 0.1) is 5.92 Å². The van der Waals surface area contributed by atoms with Crippen LogP contribution in [0.25, 0.3) is 6.08 Å². The molecule has 8 nitrogen and oxygen atoms in total. The molecule has 1 aliphatic carbocycles. The molecule has 0 unspecified atom stereocenters. The lowest BCUT2D eigenvalue weighted by Gasteiger charge is -2.29. The third-order valence-electron chi connectivity index (χ3n) is 5.50. The molecule has 4 rings (SSSR count). The normalized spacial score (nSPS) is 22.5. The van der Waals surface area contributed by atoms with E-state index < -0.39 is 0 Å². The molecule has 1 saturated heterocycles. The number of aromatic nitrogens is 3. The van der Waals surface area contributed by atoms with Gasteiger partial charge in [0.15, 0.2) is 0 Å². The Labute approximate surface area is 185 Å². The molecule has 3 heterocycles. The molecular weight excluding hydrogens is 412 g/mol. The number of nitrogens with one attached hydrogen (secondary N) is 3. The Morgan fingerprint density at radius 3 is 2.71 bits per heavy atom. The lowest BCUT2D eigenvalue weighted by Crippen LogP contribution is -2.32. The number of nitrogens with zero attached hydrogens (tertiary/aromatic N) is 3. The zero-order chi connectivity index (χ0) is 21.5. The van der Waals surface area contributed by atoms with E-state index in [0.29, 0.717) is 28.5 Å². The number of carbonyl (C=O) groups is 2. The van der Waals surface area contributed by atoms with E-state index in [2.05, 4.69) is 37.0 Å². The molecule has 162 valence electrons. The quantitative estimate of drug-likeness (QED) is 0.426. The monoisotopic (exact) mass is 438 g/mol. The summed E-state index contributed by atoms with van der Waals surface area (Å²) >= 11 is 0.888. The number of thioether (sulfide) groups is 1. The van der Waals surface area contributed by atoms with Crippen LogP contribution in [-0.4, -0.2) is 45.2 Å². The first-order chi connectivity index (χ1) is 15.2. The van der Waals surface area contributed by atoms with Crippen molar-refractivity contribution in [2.75, 3.05) is 18.4 Å². The van der Waals surface area contributed by atoms with Crippen LogP contribution in [0.15, 0.2) is 41.6 Å². The molecule has 1 saturated carbocycles. The fourth-order valence-corrected chi connectivity index (χ4v) is 4.51. The van der Waals surface area contributed by atoms with Gasteiger partial charge in [0.05, 0.1) is 10.6 Å². The Kier molecular flexibility index (Phi) is 7.26. The standard InChI is InChI=1S/C22H26N6O2S/c29-20-19(31-22(30)28-20)13-18-9-12-25-21(27-18)26-17-6-4-15(5-7-17)14-23-11-8-16-3-1-2-10-24-16/h1-3,9-10,12-13,15,17,23H,4-8,11,14H2,(H,25,26,27)(H,28,29,30)/b19-13-/t15-,17-. The van der Waals surface area contributed by atoms with Crippen molar-refractivity contribution in [3.05, 3.63) is 53.0 Å². The minimum atomic E-state index is -0.380. The summed E-state index contributed by atoms with van der Waals surface area (Å²) < 4.78 is 0. The van der Waals surface area contributed by atoms with E-state index >= 15 is 0 Å². The summed E-state index contributed by atoms with van der Waals surface area (Å²) in [6, 6.07) is 8.10. The summed E-state index contributed by atoms with van der Waals surface area (Å²) in [4.78, 5) is 36.5. The largest absolute Gasteiger partial charge is 0.351 e. The van der Waals surface area contributed by atoms with Crippen LogP contribution in [0.1, 0.15) is 37.1 Å². The lowest BCUT2D eigenvalue weighted by atomic mass is 9.86. The molecule has 2 fully saturated rings. The smallest absolute Gasteiger partial charge is 0.290 e. The summed E-state index contributed by atoms with van der Waals surface area (Å²) in [7, 11) is 0. The Morgan fingerprint density at radius 1 is 1.10 bits per heavy atom. The summed E-state index contributed by atoms with van der Waals surface area (Å²) in [5.74, 6) is 0.866. The van der Waals surface area contributed by atoms with Gasteiger partial charge in [0.2, 0.25) is 5.95 Å².